The molecule has 0 unspecified atom stereocenters. The van der Waals surface area contributed by atoms with Gasteiger partial charge in [-0.1, -0.05) is 24.3 Å². The van der Waals surface area contributed by atoms with Gasteiger partial charge in [0.2, 0.25) is 5.78 Å². The van der Waals surface area contributed by atoms with Crippen LogP contribution in [0.1, 0.15) is 27.0 Å². The van der Waals surface area contributed by atoms with E-state index in [1.807, 2.05) is 30.3 Å². The molecule has 5 nitrogen and oxygen atoms in total. The summed E-state index contributed by atoms with van der Waals surface area (Å²) in [5, 5.41) is 0. The fourth-order valence-corrected chi connectivity index (χ4v) is 3.84. The molecule has 2 aliphatic heterocycles. The minimum Gasteiger partial charge on any atom is -0.497 e. The number of nitrogens with zero attached hydrogens (tertiary/aromatic N) is 1. The topological polar surface area (TPSA) is 48.0 Å². The first kappa shape index (κ1) is 19.3. The number of ketones is 1. The molecule has 0 saturated heterocycles. The molecule has 0 spiro atoms. The van der Waals surface area contributed by atoms with Crippen LogP contribution in [0.25, 0.3) is 6.08 Å². The van der Waals surface area contributed by atoms with Crippen molar-refractivity contribution >= 4 is 11.9 Å². The molecule has 0 radical (unpaired) electrons. The molecular weight excluding hydrogens is 397 g/mol. The summed E-state index contributed by atoms with van der Waals surface area (Å²) in [6.07, 6.45) is 1.72. The number of carbonyl (C=O) groups excluding carboxylic acids is 1. The number of benzene rings is 3. The number of methoxy groups -OCH3 is 1. The van der Waals surface area contributed by atoms with Crippen molar-refractivity contribution in [2.75, 3.05) is 13.8 Å². The predicted molar refractivity (Wildman–Crippen MR) is 114 cm³/mol. The zero-order valence-electron chi connectivity index (χ0n) is 16.9. The summed E-state index contributed by atoms with van der Waals surface area (Å²) in [5.41, 5.74) is 3.17. The Bertz CT molecular complexity index is 1190. The van der Waals surface area contributed by atoms with E-state index in [-0.39, 0.29) is 17.4 Å². The van der Waals surface area contributed by atoms with Gasteiger partial charge in [0.15, 0.2) is 5.76 Å². The van der Waals surface area contributed by atoms with E-state index in [1.165, 1.54) is 12.1 Å². The van der Waals surface area contributed by atoms with Gasteiger partial charge in [-0.05, 0) is 53.6 Å². The quantitative estimate of drug-likeness (QED) is 0.571. The van der Waals surface area contributed by atoms with Gasteiger partial charge in [0.25, 0.3) is 0 Å². The predicted octanol–water partition coefficient (Wildman–Crippen LogP) is 4.80. The number of hydrogen-bond acceptors (Lipinski definition) is 5. The Labute approximate surface area is 179 Å². The van der Waals surface area contributed by atoms with E-state index in [4.69, 9.17) is 14.2 Å². The van der Waals surface area contributed by atoms with E-state index in [9.17, 15) is 9.18 Å². The average molecular weight is 417 g/mol. The molecule has 156 valence electrons. The molecule has 3 aromatic carbocycles. The van der Waals surface area contributed by atoms with Gasteiger partial charge in [-0.15, -0.1) is 0 Å². The zero-order chi connectivity index (χ0) is 21.4. The monoisotopic (exact) mass is 417 g/mol. The van der Waals surface area contributed by atoms with Crippen LogP contribution in [0, 0.1) is 5.82 Å². The highest BCUT2D eigenvalue weighted by molar-refractivity contribution is 6.15. The van der Waals surface area contributed by atoms with E-state index in [1.54, 1.807) is 31.4 Å². The molecule has 2 heterocycles. The summed E-state index contributed by atoms with van der Waals surface area (Å²) in [6.45, 7) is 1.57. The number of fused-ring (bicyclic) bond motifs is 3. The molecule has 5 rings (SSSR count). The summed E-state index contributed by atoms with van der Waals surface area (Å²) in [4.78, 5) is 15.0. The van der Waals surface area contributed by atoms with Crippen molar-refractivity contribution < 1.29 is 23.4 Å². The van der Waals surface area contributed by atoms with Crippen molar-refractivity contribution in [3.05, 3.63) is 94.5 Å². The van der Waals surface area contributed by atoms with E-state index in [0.717, 1.165) is 16.7 Å². The molecule has 0 amide bonds. The average Bonchev–Trinajstić information content (AvgIpc) is 3.11. The van der Waals surface area contributed by atoms with Crippen LogP contribution in [0.5, 0.6) is 17.2 Å². The van der Waals surface area contributed by atoms with Crippen LogP contribution in [0.2, 0.25) is 0 Å². The van der Waals surface area contributed by atoms with Gasteiger partial charge in [0.05, 0.1) is 18.2 Å². The van der Waals surface area contributed by atoms with Crippen LogP contribution >= 0.6 is 0 Å². The third-order valence-electron chi connectivity index (χ3n) is 5.39. The van der Waals surface area contributed by atoms with Crippen LogP contribution in [0.3, 0.4) is 0 Å². The van der Waals surface area contributed by atoms with Gasteiger partial charge in [-0.2, -0.15) is 0 Å². The van der Waals surface area contributed by atoms with Crippen molar-refractivity contribution in [3.8, 4) is 17.2 Å². The number of allylic oxidation sites excluding steroid dienone is 1. The third-order valence-corrected chi connectivity index (χ3v) is 5.39. The largest absolute Gasteiger partial charge is 0.497 e. The van der Waals surface area contributed by atoms with Gasteiger partial charge in [0, 0.05) is 13.1 Å². The molecule has 0 aromatic heterocycles. The maximum absolute atomic E-state index is 13.2. The summed E-state index contributed by atoms with van der Waals surface area (Å²) >= 11 is 0. The van der Waals surface area contributed by atoms with Crippen LogP contribution in [0.15, 0.2) is 66.4 Å². The highest BCUT2D eigenvalue weighted by atomic mass is 19.1. The molecule has 0 N–H and O–H groups in total. The van der Waals surface area contributed by atoms with E-state index < -0.39 is 0 Å². The first-order chi connectivity index (χ1) is 15.1. The molecule has 6 heteroatoms. The zero-order valence-corrected chi connectivity index (χ0v) is 16.9. The van der Waals surface area contributed by atoms with Crippen LogP contribution in [0.4, 0.5) is 4.39 Å². The summed E-state index contributed by atoms with van der Waals surface area (Å²) in [6, 6.07) is 17.4. The fourth-order valence-electron chi connectivity index (χ4n) is 3.84. The molecule has 0 saturated carbocycles. The number of halogens is 1. The Hall–Kier alpha value is -3.64. The van der Waals surface area contributed by atoms with Gasteiger partial charge in [0.1, 0.15) is 29.8 Å². The van der Waals surface area contributed by atoms with Crippen molar-refractivity contribution in [1.29, 1.82) is 0 Å². The first-order valence-corrected chi connectivity index (χ1v) is 9.94. The lowest BCUT2D eigenvalue weighted by Gasteiger charge is -2.29. The molecule has 0 fully saturated rings. The maximum Gasteiger partial charge on any atom is 0.231 e. The maximum atomic E-state index is 13.2. The highest BCUT2D eigenvalue weighted by Gasteiger charge is 2.33. The summed E-state index contributed by atoms with van der Waals surface area (Å²) in [5.74, 6) is 1.82. The molecule has 0 bridgehead atoms. The normalized spacial score (nSPS) is 16.5. The Morgan fingerprint density at radius 3 is 2.77 bits per heavy atom. The minimum absolute atomic E-state index is 0.156. The molecule has 0 aliphatic carbocycles. The van der Waals surface area contributed by atoms with E-state index in [2.05, 4.69) is 4.90 Å². The standard InChI is InChI=1S/C25H20FNO4/c1-29-19-4-2-3-17(11-19)12-23-24(28)20-9-10-22-21(25(20)31-23)14-27(15-30-22)13-16-5-7-18(26)8-6-16/h2-12H,13-15H2,1H3/b23-12-. The number of hydrogen-bond donors (Lipinski definition) is 0. The van der Waals surface area contributed by atoms with Crippen LogP contribution in [-0.2, 0) is 13.1 Å². The van der Waals surface area contributed by atoms with E-state index >= 15 is 0 Å². The minimum atomic E-state index is -0.260. The third kappa shape index (κ3) is 3.78. The molecule has 31 heavy (non-hydrogen) atoms. The molecule has 3 aromatic rings. The Kier molecular flexibility index (Phi) is 4.92. The van der Waals surface area contributed by atoms with Crippen LogP contribution in [-0.4, -0.2) is 24.5 Å². The SMILES string of the molecule is COc1cccc(/C=C2\Oc3c(ccc4c3CN(Cc3ccc(F)cc3)CO4)C2=O)c1. The number of ether oxygens (including phenoxy) is 3. The molecule has 2 aliphatic rings. The lowest BCUT2D eigenvalue weighted by atomic mass is 10.0. The first-order valence-electron chi connectivity index (χ1n) is 9.94. The number of rotatable bonds is 4. The van der Waals surface area contributed by atoms with Gasteiger partial charge in [-0.3, -0.25) is 9.69 Å². The Morgan fingerprint density at radius 2 is 1.97 bits per heavy atom. The number of carbonyl (C=O) groups is 1. The molecule has 0 atom stereocenters. The van der Waals surface area contributed by atoms with Gasteiger partial charge in [-0.25, -0.2) is 4.39 Å². The lowest BCUT2D eigenvalue weighted by Crippen LogP contribution is -2.31. The van der Waals surface area contributed by atoms with Crippen molar-refractivity contribution in [3.63, 3.8) is 0 Å². The summed E-state index contributed by atoms with van der Waals surface area (Å²) in [7, 11) is 1.60. The van der Waals surface area contributed by atoms with Crippen molar-refractivity contribution in [2.45, 2.75) is 13.1 Å². The second kappa shape index (κ2) is 7.89. The smallest absolute Gasteiger partial charge is 0.231 e. The lowest BCUT2D eigenvalue weighted by molar-refractivity contribution is 0.0872. The van der Waals surface area contributed by atoms with E-state index in [0.29, 0.717) is 42.6 Å². The molecular formula is C25H20FNO4. The Balaban J connectivity index is 1.41. The summed E-state index contributed by atoms with van der Waals surface area (Å²) < 4.78 is 30.4. The van der Waals surface area contributed by atoms with Gasteiger partial charge >= 0.3 is 0 Å². The second-order valence-electron chi connectivity index (χ2n) is 7.52. The van der Waals surface area contributed by atoms with Gasteiger partial charge < -0.3 is 14.2 Å². The van der Waals surface area contributed by atoms with Crippen molar-refractivity contribution in [2.24, 2.45) is 0 Å². The fraction of sp³-hybridized carbons (Fsp3) is 0.160. The Morgan fingerprint density at radius 1 is 1.13 bits per heavy atom. The second-order valence-corrected chi connectivity index (χ2v) is 7.52. The highest BCUT2D eigenvalue weighted by Crippen LogP contribution is 2.42. The number of Topliss-reactive ketones (excluding diaryl/α,β-unsaturated/α-hetero) is 1. The van der Waals surface area contributed by atoms with Crippen LogP contribution < -0.4 is 14.2 Å². The van der Waals surface area contributed by atoms with Crippen molar-refractivity contribution in [1.82, 2.24) is 4.90 Å².